The first-order valence-corrected chi connectivity index (χ1v) is 7.72. The molecule has 0 aliphatic rings. The summed E-state index contributed by atoms with van der Waals surface area (Å²) in [5, 5.41) is 4.49. The third kappa shape index (κ3) is 5.36. The lowest BCUT2D eigenvalue weighted by atomic mass is 10.1. The van der Waals surface area contributed by atoms with E-state index in [0.29, 0.717) is 28.9 Å². The standard InChI is InChI=1S/C17H19Cl2NO.ClH/c1-3-21-17-15(18)8-14(9-16(17)19)11-20-10-13-6-4-12(2)5-7-13;/h4-9,20H,3,10-11H2,1-2H3;1H. The summed E-state index contributed by atoms with van der Waals surface area (Å²) in [6, 6.07) is 12.3. The maximum atomic E-state index is 6.19. The predicted octanol–water partition coefficient (Wildman–Crippen LogP) is 5.41. The lowest BCUT2D eigenvalue weighted by molar-refractivity contribution is 0.340. The van der Waals surface area contributed by atoms with E-state index in [9.17, 15) is 0 Å². The molecule has 2 aromatic rings. The summed E-state index contributed by atoms with van der Waals surface area (Å²) in [6.45, 7) is 6.05. The summed E-state index contributed by atoms with van der Waals surface area (Å²) in [4.78, 5) is 0. The van der Waals surface area contributed by atoms with Crippen LogP contribution in [0.1, 0.15) is 23.6 Å². The van der Waals surface area contributed by atoms with Gasteiger partial charge in [0.15, 0.2) is 5.75 Å². The van der Waals surface area contributed by atoms with Gasteiger partial charge >= 0.3 is 0 Å². The highest BCUT2D eigenvalue weighted by molar-refractivity contribution is 6.37. The Morgan fingerprint density at radius 1 is 0.955 bits per heavy atom. The van der Waals surface area contributed by atoms with E-state index in [1.165, 1.54) is 11.1 Å². The molecule has 0 atom stereocenters. The highest BCUT2D eigenvalue weighted by atomic mass is 35.5. The van der Waals surface area contributed by atoms with Gasteiger partial charge in [-0.3, -0.25) is 0 Å². The monoisotopic (exact) mass is 359 g/mol. The Labute approximate surface area is 148 Å². The van der Waals surface area contributed by atoms with Gasteiger partial charge in [-0.2, -0.15) is 0 Å². The molecular formula is C17H20Cl3NO. The van der Waals surface area contributed by atoms with Crippen LogP contribution in [-0.4, -0.2) is 6.61 Å². The first kappa shape index (κ1) is 19.1. The molecule has 0 heterocycles. The van der Waals surface area contributed by atoms with Crippen LogP contribution in [0.15, 0.2) is 36.4 Å². The van der Waals surface area contributed by atoms with E-state index in [1.54, 1.807) is 0 Å². The number of ether oxygens (including phenoxy) is 1. The molecule has 0 aliphatic carbocycles. The molecule has 0 saturated heterocycles. The molecular weight excluding hydrogens is 341 g/mol. The summed E-state index contributed by atoms with van der Waals surface area (Å²) >= 11 is 12.4. The summed E-state index contributed by atoms with van der Waals surface area (Å²) in [6.07, 6.45) is 0. The number of aryl methyl sites for hydroxylation is 1. The molecule has 0 aromatic heterocycles. The molecule has 0 unspecified atom stereocenters. The Morgan fingerprint density at radius 3 is 2.05 bits per heavy atom. The molecule has 22 heavy (non-hydrogen) atoms. The second-order valence-corrected chi connectivity index (χ2v) is 5.73. The van der Waals surface area contributed by atoms with Crippen LogP contribution in [-0.2, 0) is 13.1 Å². The number of benzene rings is 2. The second-order valence-electron chi connectivity index (χ2n) is 4.91. The van der Waals surface area contributed by atoms with Gasteiger partial charge < -0.3 is 10.1 Å². The van der Waals surface area contributed by atoms with Crippen molar-refractivity contribution in [3.63, 3.8) is 0 Å². The van der Waals surface area contributed by atoms with Crippen molar-refractivity contribution >= 4 is 35.6 Å². The van der Waals surface area contributed by atoms with Gasteiger partial charge in [0.1, 0.15) is 0 Å². The molecule has 120 valence electrons. The van der Waals surface area contributed by atoms with E-state index in [2.05, 4.69) is 36.5 Å². The van der Waals surface area contributed by atoms with Crippen LogP contribution in [0, 0.1) is 6.92 Å². The van der Waals surface area contributed by atoms with Gasteiger partial charge in [-0.25, -0.2) is 0 Å². The number of hydrogen-bond donors (Lipinski definition) is 1. The predicted molar refractivity (Wildman–Crippen MR) is 96.6 cm³/mol. The van der Waals surface area contributed by atoms with Crippen LogP contribution in [0.5, 0.6) is 5.75 Å². The molecule has 0 saturated carbocycles. The highest BCUT2D eigenvalue weighted by Gasteiger charge is 2.09. The van der Waals surface area contributed by atoms with Gasteiger partial charge in [0.2, 0.25) is 0 Å². The zero-order valence-electron chi connectivity index (χ0n) is 12.7. The van der Waals surface area contributed by atoms with Crippen LogP contribution in [0.4, 0.5) is 0 Å². The molecule has 2 nitrogen and oxygen atoms in total. The smallest absolute Gasteiger partial charge is 0.156 e. The Bertz CT molecular complexity index is 576. The zero-order chi connectivity index (χ0) is 15.2. The second kappa shape index (κ2) is 9.26. The minimum atomic E-state index is 0. The molecule has 0 fully saturated rings. The van der Waals surface area contributed by atoms with E-state index in [4.69, 9.17) is 27.9 Å². The summed E-state index contributed by atoms with van der Waals surface area (Å²) in [7, 11) is 0. The zero-order valence-corrected chi connectivity index (χ0v) is 15.0. The lowest BCUT2D eigenvalue weighted by Crippen LogP contribution is -2.12. The van der Waals surface area contributed by atoms with Crippen LogP contribution in [0.25, 0.3) is 0 Å². The van der Waals surface area contributed by atoms with Crippen molar-refractivity contribution in [3.8, 4) is 5.75 Å². The van der Waals surface area contributed by atoms with Gasteiger partial charge in [-0.15, -0.1) is 12.4 Å². The third-order valence-electron chi connectivity index (χ3n) is 3.13. The van der Waals surface area contributed by atoms with E-state index >= 15 is 0 Å². The van der Waals surface area contributed by atoms with E-state index in [-0.39, 0.29) is 12.4 Å². The van der Waals surface area contributed by atoms with Crippen molar-refractivity contribution in [1.29, 1.82) is 0 Å². The van der Waals surface area contributed by atoms with E-state index in [0.717, 1.165) is 12.1 Å². The maximum absolute atomic E-state index is 6.19. The minimum absolute atomic E-state index is 0. The van der Waals surface area contributed by atoms with E-state index < -0.39 is 0 Å². The highest BCUT2D eigenvalue weighted by Crippen LogP contribution is 2.34. The number of hydrogen-bond acceptors (Lipinski definition) is 2. The first-order valence-electron chi connectivity index (χ1n) is 6.97. The van der Waals surface area contributed by atoms with Crippen molar-refractivity contribution in [2.45, 2.75) is 26.9 Å². The number of nitrogens with one attached hydrogen (secondary N) is 1. The molecule has 1 N–H and O–H groups in total. The van der Waals surface area contributed by atoms with Crippen LogP contribution >= 0.6 is 35.6 Å². The average Bonchev–Trinajstić information content (AvgIpc) is 2.45. The van der Waals surface area contributed by atoms with Crippen molar-refractivity contribution in [1.82, 2.24) is 5.32 Å². The fourth-order valence-electron chi connectivity index (χ4n) is 2.05. The Balaban J connectivity index is 0.00000242. The number of rotatable bonds is 6. The quantitative estimate of drug-likeness (QED) is 0.743. The van der Waals surface area contributed by atoms with Crippen molar-refractivity contribution in [2.24, 2.45) is 0 Å². The van der Waals surface area contributed by atoms with Crippen LogP contribution in [0.2, 0.25) is 10.0 Å². The van der Waals surface area contributed by atoms with Crippen molar-refractivity contribution < 1.29 is 4.74 Å². The Kier molecular flexibility index (Phi) is 8.05. The molecule has 0 radical (unpaired) electrons. The van der Waals surface area contributed by atoms with Crippen molar-refractivity contribution in [2.75, 3.05) is 6.61 Å². The fraction of sp³-hybridized carbons (Fsp3) is 0.294. The molecule has 0 amide bonds. The lowest BCUT2D eigenvalue weighted by Gasteiger charge is -2.11. The summed E-state index contributed by atoms with van der Waals surface area (Å²) < 4.78 is 5.42. The molecule has 0 aliphatic heterocycles. The Hall–Kier alpha value is -0.930. The topological polar surface area (TPSA) is 21.3 Å². The van der Waals surface area contributed by atoms with Crippen LogP contribution in [0.3, 0.4) is 0 Å². The first-order chi connectivity index (χ1) is 10.1. The molecule has 0 spiro atoms. The molecule has 2 aromatic carbocycles. The SMILES string of the molecule is CCOc1c(Cl)cc(CNCc2ccc(C)cc2)cc1Cl.Cl. The fourth-order valence-corrected chi connectivity index (χ4v) is 2.70. The van der Waals surface area contributed by atoms with Crippen LogP contribution < -0.4 is 10.1 Å². The summed E-state index contributed by atoms with van der Waals surface area (Å²) in [5.74, 6) is 0.558. The third-order valence-corrected chi connectivity index (χ3v) is 3.69. The summed E-state index contributed by atoms with van der Waals surface area (Å²) in [5.41, 5.74) is 3.56. The van der Waals surface area contributed by atoms with Gasteiger partial charge in [0.05, 0.1) is 16.7 Å². The normalized spacial score (nSPS) is 10.2. The maximum Gasteiger partial charge on any atom is 0.156 e. The Morgan fingerprint density at radius 2 is 1.50 bits per heavy atom. The van der Waals surface area contributed by atoms with Gasteiger partial charge in [-0.1, -0.05) is 53.0 Å². The van der Waals surface area contributed by atoms with Crippen molar-refractivity contribution in [3.05, 3.63) is 63.1 Å². The molecule has 2 rings (SSSR count). The largest absolute Gasteiger partial charge is 0.491 e. The minimum Gasteiger partial charge on any atom is -0.491 e. The van der Waals surface area contributed by atoms with Gasteiger partial charge in [0, 0.05) is 13.1 Å². The van der Waals surface area contributed by atoms with Gasteiger partial charge in [-0.05, 0) is 37.1 Å². The van der Waals surface area contributed by atoms with E-state index in [1.807, 2.05) is 19.1 Å². The number of halogens is 3. The average molecular weight is 361 g/mol. The van der Waals surface area contributed by atoms with Gasteiger partial charge in [0.25, 0.3) is 0 Å². The molecule has 5 heteroatoms. The molecule has 0 bridgehead atoms.